The lowest BCUT2D eigenvalue weighted by Crippen LogP contribution is -2.49. The number of morpholine rings is 1. The van der Waals surface area contributed by atoms with Crippen LogP contribution >= 0.6 is 24.0 Å². The molecule has 0 spiro atoms. The smallest absolute Gasteiger partial charge is 0.221 e. The van der Waals surface area contributed by atoms with Gasteiger partial charge in [-0.05, 0) is 31.5 Å². The van der Waals surface area contributed by atoms with Crippen LogP contribution in [0.1, 0.15) is 26.3 Å². The number of halogens is 1. The van der Waals surface area contributed by atoms with E-state index in [1.165, 1.54) is 6.92 Å². The molecule has 152 valence electrons. The normalized spacial score (nSPS) is 16.2. The van der Waals surface area contributed by atoms with Crippen LogP contribution in [0.15, 0.2) is 29.3 Å². The predicted molar refractivity (Wildman–Crippen MR) is 121 cm³/mol. The van der Waals surface area contributed by atoms with Crippen molar-refractivity contribution in [3.05, 3.63) is 29.8 Å². The van der Waals surface area contributed by atoms with E-state index >= 15 is 0 Å². The first-order chi connectivity index (χ1) is 12.6. The highest BCUT2D eigenvalue weighted by Gasteiger charge is 2.16. The van der Waals surface area contributed by atoms with Gasteiger partial charge < -0.3 is 20.7 Å². The Kier molecular flexibility index (Phi) is 11.3. The fraction of sp³-hybridized carbons (Fsp3) is 0.579. The maximum atomic E-state index is 11.2. The van der Waals surface area contributed by atoms with Crippen molar-refractivity contribution in [2.24, 2.45) is 4.99 Å². The lowest BCUT2D eigenvalue weighted by molar-refractivity contribution is -0.114. The van der Waals surface area contributed by atoms with Gasteiger partial charge in [-0.1, -0.05) is 12.1 Å². The SMILES string of the molecule is CCNC(=NCc1cccc(NC(C)=O)c1)NCC(C)N1CCOCC1.I. The number of anilines is 1. The summed E-state index contributed by atoms with van der Waals surface area (Å²) in [6.45, 7) is 11.5. The molecule has 0 saturated carbocycles. The number of carbonyl (C=O) groups excluding carboxylic acids is 1. The number of nitrogens with one attached hydrogen (secondary N) is 3. The van der Waals surface area contributed by atoms with Crippen molar-refractivity contribution in [2.75, 3.05) is 44.7 Å². The minimum Gasteiger partial charge on any atom is -0.379 e. The zero-order valence-corrected chi connectivity index (χ0v) is 18.8. The second kappa shape index (κ2) is 12.9. The minimum absolute atomic E-state index is 0. The molecule has 0 aliphatic carbocycles. The fourth-order valence-corrected chi connectivity index (χ4v) is 2.85. The largest absolute Gasteiger partial charge is 0.379 e. The summed E-state index contributed by atoms with van der Waals surface area (Å²) >= 11 is 0. The molecule has 1 amide bonds. The minimum atomic E-state index is -0.0715. The average molecular weight is 489 g/mol. The van der Waals surface area contributed by atoms with Crippen molar-refractivity contribution in [1.82, 2.24) is 15.5 Å². The van der Waals surface area contributed by atoms with E-state index < -0.39 is 0 Å². The predicted octanol–water partition coefficient (Wildman–Crippen LogP) is 2.04. The molecule has 1 aliphatic rings. The van der Waals surface area contributed by atoms with E-state index in [-0.39, 0.29) is 29.9 Å². The molecule has 0 aromatic heterocycles. The molecular formula is C19H32IN5O2. The Morgan fingerprint density at radius 2 is 2.04 bits per heavy atom. The first-order valence-corrected chi connectivity index (χ1v) is 9.29. The Labute approximate surface area is 179 Å². The first kappa shape index (κ1) is 23.6. The van der Waals surface area contributed by atoms with Gasteiger partial charge in [0.05, 0.1) is 19.8 Å². The third-order valence-electron chi connectivity index (χ3n) is 4.25. The number of hydrogen-bond acceptors (Lipinski definition) is 4. The average Bonchev–Trinajstić information content (AvgIpc) is 2.64. The first-order valence-electron chi connectivity index (χ1n) is 9.29. The molecular weight excluding hydrogens is 457 g/mol. The van der Waals surface area contributed by atoms with E-state index in [0.717, 1.165) is 56.6 Å². The zero-order chi connectivity index (χ0) is 18.8. The molecule has 1 unspecified atom stereocenters. The van der Waals surface area contributed by atoms with E-state index in [1.807, 2.05) is 24.3 Å². The monoisotopic (exact) mass is 489 g/mol. The molecule has 0 bridgehead atoms. The van der Waals surface area contributed by atoms with Gasteiger partial charge in [0.2, 0.25) is 5.91 Å². The van der Waals surface area contributed by atoms with Crippen LogP contribution in [-0.2, 0) is 16.1 Å². The summed E-state index contributed by atoms with van der Waals surface area (Å²) in [5.41, 5.74) is 1.85. The van der Waals surface area contributed by atoms with Crippen molar-refractivity contribution >= 4 is 41.5 Å². The summed E-state index contributed by atoms with van der Waals surface area (Å²) in [6.07, 6.45) is 0. The van der Waals surface area contributed by atoms with Crippen LogP contribution in [0.4, 0.5) is 5.69 Å². The molecule has 1 heterocycles. The van der Waals surface area contributed by atoms with E-state index in [4.69, 9.17) is 4.74 Å². The van der Waals surface area contributed by atoms with Crippen molar-refractivity contribution in [3.63, 3.8) is 0 Å². The van der Waals surface area contributed by atoms with Gasteiger partial charge in [0.15, 0.2) is 5.96 Å². The number of nitrogens with zero attached hydrogens (tertiary/aromatic N) is 2. The maximum absolute atomic E-state index is 11.2. The van der Waals surface area contributed by atoms with Gasteiger partial charge in [0.1, 0.15) is 0 Å². The molecule has 1 atom stereocenters. The molecule has 1 aromatic carbocycles. The van der Waals surface area contributed by atoms with E-state index in [9.17, 15) is 4.79 Å². The summed E-state index contributed by atoms with van der Waals surface area (Å²) in [7, 11) is 0. The Morgan fingerprint density at radius 3 is 2.70 bits per heavy atom. The number of carbonyl (C=O) groups is 1. The summed E-state index contributed by atoms with van der Waals surface area (Å²) in [4.78, 5) is 18.3. The Bertz CT molecular complexity index is 606. The Balaban J connectivity index is 0.00000364. The third-order valence-corrected chi connectivity index (χ3v) is 4.25. The molecule has 1 aliphatic heterocycles. The number of amides is 1. The third kappa shape index (κ3) is 8.89. The number of benzene rings is 1. The highest BCUT2D eigenvalue weighted by molar-refractivity contribution is 14.0. The molecule has 3 N–H and O–H groups in total. The van der Waals surface area contributed by atoms with Crippen molar-refractivity contribution < 1.29 is 9.53 Å². The van der Waals surface area contributed by atoms with Crippen LogP contribution in [0.25, 0.3) is 0 Å². The van der Waals surface area contributed by atoms with Gasteiger partial charge in [-0.15, -0.1) is 24.0 Å². The summed E-state index contributed by atoms with van der Waals surface area (Å²) in [5, 5.41) is 9.51. The topological polar surface area (TPSA) is 78.0 Å². The molecule has 0 radical (unpaired) electrons. The second-order valence-corrected chi connectivity index (χ2v) is 6.45. The van der Waals surface area contributed by atoms with Crippen LogP contribution in [-0.4, -0.2) is 62.2 Å². The number of guanidine groups is 1. The van der Waals surface area contributed by atoms with Gasteiger partial charge in [-0.2, -0.15) is 0 Å². The van der Waals surface area contributed by atoms with E-state index in [2.05, 4.69) is 39.7 Å². The molecule has 27 heavy (non-hydrogen) atoms. The molecule has 2 rings (SSSR count). The number of hydrogen-bond donors (Lipinski definition) is 3. The van der Waals surface area contributed by atoms with Gasteiger partial charge in [-0.25, -0.2) is 4.99 Å². The molecule has 8 heteroatoms. The lowest BCUT2D eigenvalue weighted by Gasteiger charge is -2.32. The van der Waals surface area contributed by atoms with Crippen LogP contribution in [0.2, 0.25) is 0 Å². The molecule has 1 fully saturated rings. The number of rotatable bonds is 7. The molecule has 7 nitrogen and oxygen atoms in total. The summed E-state index contributed by atoms with van der Waals surface area (Å²) < 4.78 is 5.41. The summed E-state index contributed by atoms with van der Waals surface area (Å²) in [6, 6.07) is 8.18. The molecule has 1 aromatic rings. The van der Waals surface area contributed by atoms with Crippen LogP contribution < -0.4 is 16.0 Å². The highest BCUT2D eigenvalue weighted by atomic mass is 127. The summed E-state index contributed by atoms with van der Waals surface area (Å²) in [5.74, 6) is 0.732. The van der Waals surface area contributed by atoms with Gasteiger partial charge in [0.25, 0.3) is 0 Å². The van der Waals surface area contributed by atoms with Crippen LogP contribution in [0.5, 0.6) is 0 Å². The van der Waals surface area contributed by atoms with Crippen molar-refractivity contribution in [3.8, 4) is 0 Å². The maximum Gasteiger partial charge on any atom is 0.221 e. The lowest BCUT2D eigenvalue weighted by atomic mass is 10.2. The standard InChI is InChI=1S/C19H31N5O2.HI/c1-4-20-19(21-13-15(2)24-8-10-26-11-9-24)22-14-17-6-5-7-18(12-17)23-16(3)25;/h5-7,12,15H,4,8-11,13-14H2,1-3H3,(H,23,25)(H2,20,21,22);1H. The highest BCUT2D eigenvalue weighted by Crippen LogP contribution is 2.11. The van der Waals surface area contributed by atoms with E-state index in [0.29, 0.717) is 12.6 Å². The molecule has 1 saturated heterocycles. The van der Waals surface area contributed by atoms with Gasteiger partial charge in [0, 0.05) is 44.8 Å². The van der Waals surface area contributed by atoms with Crippen LogP contribution in [0, 0.1) is 0 Å². The Morgan fingerprint density at radius 1 is 1.30 bits per heavy atom. The quantitative estimate of drug-likeness (QED) is 0.311. The Hall–Kier alpha value is -1.39. The van der Waals surface area contributed by atoms with Crippen molar-refractivity contribution in [1.29, 1.82) is 0 Å². The fourth-order valence-electron chi connectivity index (χ4n) is 2.85. The van der Waals surface area contributed by atoms with Gasteiger partial charge in [-0.3, -0.25) is 9.69 Å². The number of ether oxygens (including phenoxy) is 1. The zero-order valence-electron chi connectivity index (χ0n) is 16.5. The van der Waals surface area contributed by atoms with Crippen LogP contribution in [0.3, 0.4) is 0 Å². The second-order valence-electron chi connectivity index (χ2n) is 6.45. The van der Waals surface area contributed by atoms with E-state index in [1.54, 1.807) is 0 Å². The van der Waals surface area contributed by atoms with Crippen molar-refractivity contribution in [2.45, 2.75) is 33.4 Å². The van der Waals surface area contributed by atoms with Gasteiger partial charge >= 0.3 is 0 Å². The number of aliphatic imine (C=N–C) groups is 1.